The molecule has 0 aromatic heterocycles. The van der Waals surface area contributed by atoms with Gasteiger partial charge in [0.15, 0.2) is 0 Å². The molecule has 4 rings (SSSR count). The van der Waals surface area contributed by atoms with Crippen molar-refractivity contribution in [3.63, 3.8) is 0 Å². The third-order valence-electron chi connectivity index (χ3n) is 10.8. The molecule has 4 aliphatic carbocycles. The Morgan fingerprint density at radius 1 is 1.13 bits per heavy atom. The van der Waals surface area contributed by atoms with Crippen molar-refractivity contribution < 1.29 is 45.7 Å². The molecule has 4 fully saturated rings. The van der Waals surface area contributed by atoms with E-state index in [1.807, 2.05) is 13.8 Å². The summed E-state index contributed by atoms with van der Waals surface area (Å²) in [6.07, 6.45) is 3.26. The van der Waals surface area contributed by atoms with Gasteiger partial charge in [0, 0.05) is 49.9 Å². The monoisotopic (exact) mass is 574 g/mol. The molecular weight excluding hydrogens is 534 g/mol. The standard InChI is InChI=1S/C28H40F2O8S/c1-16(4-7-25(34)38-11-10-28(29,30)15-39(35,36)37)19-5-6-20-18-13-23(32)22-12-17(31)8-9-26(22,2)21(18)14-24(33)27(19,20)3/h16,18-22H,4-15H2,1-3H3,(H,35,36,37). The Hall–Kier alpha value is -1.75. The largest absolute Gasteiger partial charge is 0.465 e. The average Bonchev–Trinajstić information content (AvgIpc) is 3.17. The Morgan fingerprint density at radius 3 is 2.49 bits per heavy atom. The van der Waals surface area contributed by atoms with Crippen molar-refractivity contribution >= 4 is 33.4 Å². The Balaban J connectivity index is 1.36. The first kappa shape index (κ1) is 30.2. The van der Waals surface area contributed by atoms with Crippen molar-refractivity contribution in [3.05, 3.63) is 0 Å². The molecule has 0 amide bonds. The molecule has 0 spiro atoms. The number of halogens is 2. The molecule has 220 valence electrons. The van der Waals surface area contributed by atoms with E-state index in [1.54, 1.807) is 0 Å². The number of carbonyl (C=O) groups is 4. The number of ether oxygens (including phenoxy) is 1. The van der Waals surface area contributed by atoms with Crippen LogP contribution in [0.3, 0.4) is 0 Å². The van der Waals surface area contributed by atoms with Crippen LogP contribution in [-0.2, 0) is 34.0 Å². The third kappa shape index (κ3) is 5.85. The summed E-state index contributed by atoms with van der Waals surface area (Å²) in [5, 5.41) is 0. The first-order valence-corrected chi connectivity index (χ1v) is 15.6. The first-order chi connectivity index (χ1) is 18.0. The van der Waals surface area contributed by atoms with Crippen LogP contribution < -0.4 is 0 Å². The van der Waals surface area contributed by atoms with Crippen LogP contribution in [0, 0.1) is 46.3 Å². The summed E-state index contributed by atoms with van der Waals surface area (Å²) in [5.74, 6) is -5.60. The number of esters is 1. The van der Waals surface area contributed by atoms with E-state index in [9.17, 15) is 36.4 Å². The maximum atomic E-state index is 13.8. The molecule has 4 saturated carbocycles. The SMILES string of the molecule is CC(CCC(=O)OCCC(F)(F)CS(=O)(=O)O)C1CCC2C3CC(=O)C4CC(=O)CCC4(C)C3CC(=O)C12C. The number of ketones is 3. The zero-order valence-corrected chi connectivity index (χ0v) is 23.7. The van der Waals surface area contributed by atoms with E-state index in [0.717, 1.165) is 12.8 Å². The molecule has 8 atom stereocenters. The van der Waals surface area contributed by atoms with Gasteiger partial charge in [-0.2, -0.15) is 8.42 Å². The maximum Gasteiger partial charge on any atom is 0.305 e. The van der Waals surface area contributed by atoms with Gasteiger partial charge in [-0.3, -0.25) is 23.7 Å². The number of carbonyl (C=O) groups excluding carboxylic acids is 4. The van der Waals surface area contributed by atoms with Gasteiger partial charge in [0.1, 0.15) is 23.1 Å². The van der Waals surface area contributed by atoms with E-state index < -0.39 is 46.2 Å². The van der Waals surface area contributed by atoms with Crippen LogP contribution in [0.4, 0.5) is 8.78 Å². The lowest BCUT2D eigenvalue weighted by Crippen LogP contribution is -2.59. The van der Waals surface area contributed by atoms with Gasteiger partial charge in [-0.05, 0) is 60.7 Å². The van der Waals surface area contributed by atoms with E-state index in [4.69, 9.17) is 9.29 Å². The van der Waals surface area contributed by atoms with Gasteiger partial charge >= 0.3 is 5.97 Å². The highest BCUT2D eigenvalue weighted by atomic mass is 32.2. The highest BCUT2D eigenvalue weighted by Gasteiger charge is 2.65. The summed E-state index contributed by atoms with van der Waals surface area (Å²) in [7, 11) is -4.86. The predicted octanol–water partition coefficient (Wildman–Crippen LogP) is 4.45. The summed E-state index contributed by atoms with van der Waals surface area (Å²) in [6.45, 7) is 5.44. The second-order valence-corrected chi connectivity index (χ2v) is 14.5. The molecule has 39 heavy (non-hydrogen) atoms. The van der Waals surface area contributed by atoms with Crippen LogP contribution in [-0.4, -0.2) is 54.6 Å². The van der Waals surface area contributed by atoms with Gasteiger partial charge in [0.2, 0.25) is 0 Å². The lowest BCUT2D eigenvalue weighted by Gasteiger charge is -2.59. The summed E-state index contributed by atoms with van der Waals surface area (Å²) in [6, 6.07) is 0. The summed E-state index contributed by atoms with van der Waals surface area (Å²) in [4.78, 5) is 51.4. The highest BCUT2D eigenvalue weighted by molar-refractivity contribution is 7.85. The molecule has 0 saturated heterocycles. The molecule has 8 nitrogen and oxygen atoms in total. The molecule has 0 aromatic carbocycles. The Bertz CT molecular complexity index is 1140. The molecule has 8 unspecified atom stereocenters. The topological polar surface area (TPSA) is 132 Å². The molecule has 11 heteroatoms. The predicted molar refractivity (Wildman–Crippen MR) is 136 cm³/mol. The molecule has 0 heterocycles. The van der Waals surface area contributed by atoms with Gasteiger partial charge in [-0.25, -0.2) is 8.78 Å². The number of Topliss-reactive ketones (excluding diaryl/α,β-unsaturated/α-hetero) is 3. The van der Waals surface area contributed by atoms with Crippen molar-refractivity contribution in [2.75, 3.05) is 12.4 Å². The molecule has 0 radical (unpaired) electrons. The zero-order chi connectivity index (χ0) is 29.0. The maximum absolute atomic E-state index is 13.8. The molecule has 4 aliphatic rings. The van der Waals surface area contributed by atoms with Crippen molar-refractivity contribution in [2.24, 2.45) is 46.3 Å². The van der Waals surface area contributed by atoms with Crippen molar-refractivity contribution in [1.29, 1.82) is 0 Å². The number of hydrogen-bond acceptors (Lipinski definition) is 7. The van der Waals surface area contributed by atoms with Crippen LogP contribution in [0.5, 0.6) is 0 Å². The van der Waals surface area contributed by atoms with Crippen LogP contribution in [0.25, 0.3) is 0 Å². The number of hydrogen-bond donors (Lipinski definition) is 1. The van der Waals surface area contributed by atoms with Gasteiger partial charge in [0.05, 0.1) is 6.61 Å². The molecule has 1 N–H and O–H groups in total. The highest BCUT2D eigenvalue weighted by Crippen LogP contribution is 2.66. The van der Waals surface area contributed by atoms with E-state index in [-0.39, 0.29) is 64.7 Å². The van der Waals surface area contributed by atoms with Crippen molar-refractivity contribution in [1.82, 2.24) is 0 Å². The average molecular weight is 575 g/mol. The minimum atomic E-state index is -4.86. The number of fused-ring (bicyclic) bond motifs is 5. The Labute approximate surface area is 228 Å². The van der Waals surface area contributed by atoms with Crippen LogP contribution in [0.15, 0.2) is 0 Å². The second kappa shape index (κ2) is 10.6. The van der Waals surface area contributed by atoms with E-state index in [2.05, 4.69) is 6.92 Å². The lowest BCUT2D eigenvalue weighted by atomic mass is 9.44. The second-order valence-electron chi connectivity index (χ2n) is 13.0. The third-order valence-corrected chi connectivity index (χ3v) is 11.6. The van der Waals surface area contributed by atoms with Gasteiger partial charge in [-0.15, -0.1) is 0 Å². The minimum Gasteiger partial charge on any atom is -0.465 e. The number of rotatable bonds is 9. The first-order valence-electron chi connectivity index (χ1n) is 14.0. The number of alkyl halides is 2. The van der Waals surface area contributed by atoms with Crippen LogP contribution in [0.1, 0.15) is 85.0 Å². The van der Waals surface area contributed by atoms with E-state index >= 15 is 0 Å². The van der Waals surface area contributed by atoms with Crippen molar-refractivity contribution in [2.45, 2.75) is 90.9 Å². The van der Waals surface area contributed by atoms with Crippen LogP contribution in [0.2, 0.25) is 0 Å². The fourth-order valence-corrected chi connectivity index (χ4v) is 9.44. The lowest BCUT2D eigenvalue weighted by molar-refractivity contribution is -0.167. The summed E-state index contributed by atoms with van der Waals surface area (Å²) < 4.78 is 62.1. The quantitative estimate of drug-likeness (QED) is 0.316. The minimum absolute atomic E-state index is 0.0102. The van der Waals surface area contributed by atoms with Gasteiger partial charge < -0.3 is 4.74 Å². The molecule has 0 bridgehead atoms. The zero-order valence-electron chi connectivity index (χ0n) is 22.9. The smallest absolute Gasteiger partial charge is 0.305 e. The van der Waals surface area contributed by atoms with Crippen LogP contribution >= 0.6 is 0 Å². The van der Waals surface area contributed by atoms with Gasteiger partial charge in [-0.1, -0.05) is 20.8 Å². The van der Waals surface area contributed by atoms with Crippen molar-refractivity contribution in [3.8, 4) is 0 Å². The summed E-state index contributed by atoms with van der Waals surface area (Å²) >= 11 is 0. The molecular formula is C28H40F2O8S. The van der Waals surface area contributed by atoms with E-state index in [1.165, 1.54) is 0 Å². The fourth-order valence-electron chi connectivity index (χ4n) is 8.76. The fraction of sp³-hybridized carbons (Fsp3) is 0.857. The Kier molecular flexibility index (Phi) is 8.20. The molecule has 0 aliphatic heterocycles. The normalized spacial score (nSPS) is 37.6. The molecule has 0 aromatic rings. The van der Waals surface area contributed by atoms with Gasteiger partial charge in [0.25, 0.3) is 16.0 Å². The Morgan fingerprint density at radius 2 is 1.82 bits per heavy atom. The summed E-state index contributed by atoms with van der Waals surface area (Å²) in [5.41, 5.74) is -0.924. The van der Waals surface area contributed by atoms with E-state index in [0.29, 0.717) is 38.5 Å².